The molecule has 5 nitrogen and oxygen atoms in total. The first kappa shape index (κ1) is 14.0. The summed E-state index contributed by atoms with van der Waals surface area (Å²) in [4.78, 5) is 24.1. The van der Waals surface area contributed by atoms with Gasteiger partial charge in [0, 0.05) is 12.0 Å². The van der Waals surface area contributed by atoms with Crippen LogP contribution in [0, 0.1) is 16.7 Å². The Balaban J connectivity index is 1.96. The predicted octanol–water partition coefficient (Wildman–Crippen LogP) is 0.916. The Morgan fingerprint density at radius 2 is 1.95 bits per heavy atom. The van der Waals surface area contributed by atoms with E-state index in [2.05, 4.69) is 5.32 Å². The number of aliphatic carboxylic acids is 1. The standard InChI is InChI=1S/C15H24N2O3/c1-9(16)12(18)15-4-2-10(3-5-15)6-14(15)7-11(13(19)20)17-8-14/h9-11,17H,2-8,16H2,1H3,(H,19,20)/t9?,10?,11-,14?,15?/m0/s1. The van der Waals surface area contributed by atoms with Gasteiger partial charge < -0.3 is 16.2 Å². The lowest BCUT2D eigenvalue weighted by molar-refractivity contribution is -0.154. The van der Waals surface area contributed by atoms with Crippen LogP contribution in [-0.4, -0.2) is 35.5 Å². The first-order chi connectivity index (χ1) is 9.40. The summed E-state index contributed by atoms with van der Waals surface area (Å²) in [5.41, 5.74) is 5.34. The molecule has 20 heavy (non-hydrogen) atoms. The first-order valence-corrected chi connectivity index (χ1v) is 7.66. The smallest absolute Gasteiger partial charge is 0.320 e. The Labute approximate surface area is 119 Å². The average Bonchev–Trinajstić information content (AvgIpc) is 2.84. The lowest BCUT2D eigenvalue weighted by Crippen LogP contribution is -2.59. The molecule has 1 saturated heterocycles. The van der Waals surface area contributed by atoms with Crippen molar-refractivity contribution in [3.63, 3.8) is 0 Å². The third kappa shape index (κ3) is 1.76. The number of rotatable bonds is 3. The maximum atomic E-state index is 12.8. The van der Waals surface area contributed by atoms with E-state index in [0.29, 0.717) is 18.9 Å². The fraction of sp³-hybridized carbons (Fsp3) is 0.867. The molecule has 0 amide bonds. The molecular weight excluding hydrogens is 256 g/mol. The van der Waals surface area contributed by atoms with E-state index in [1.807, 2.05) is 0 Å². The van der Waals surface area contributed by atoms with Gasteiger partial charge in [-0.1, -0.05) is 0 Å². The van der Waals surface area contributed by atoms with Crippen molar-refractivity contribution in [2.24, 2.45) is 22.5 Å². The molecule has 3 saturated carbocycles. The number of nitrogens with two attached hydrogens (primary N) is 1. The normalized spacial score (nSPS) is 44.7. The lowest BCUT2D eigenvalue weighted by atomic mass is 9.45. The van der Waals surface area contributed by atoms with Gasteiger partial charge >= 0.3 is 5.97 Å². The molecule has 4 N–H and O–H groups in total. The highest BCUT2D eigenvalue weighted by Crippen LogP contribution is 2.64. The molecule has 1 spiro atoms. The summed E-state index contributed by atoms with van der Waals surface area (Å²) < 4.78 is 0. The van der Waals surface area contributed by atoms with Crippen LogP contribution in [0.4, 0.5) is 0 Å². The summed E-state index contributed by atoms with van der Waals surface area (Å²) in [6.45, 7) is 2.42. The topological polar surface area (TPSA) is 92.4 Å². The number of carboxylic acids is 1. The van der Waals surface area contributed by atoms with Crippen LogP contribution in [0.1, 0.15) is 45.4 Å². The fourth-order valence-electron chi connectivity index (χ4n) is 5.14. The van der Waals surface area contributed by atoms with Crippen molar-refractivity contribution in [1.82, 2.24) is 5.32 Å². The van der Waals surface area contributed by atoms with Crippen LogP contribution in [0.25, 0.3) is 0 Å². The van der Waals surface area contributed by atoms with Crippen LogP contribution in [-0.2, 0) is 9.59 Å². The highest BCUT2D eigenvalue weighted by atomic mass is 16.4. The number of fused-ring (bicyclic) bond motifs is 2. The third-order valence-electron chi connectivity index (χ3n) is 6.12. The number of Topliss-reactive ketones (excluding diaryl/α,β-unsaturated/α-hetero) is 1. The van der Waals surface area contributed by atoms with E-state index in [0.717, 1.165) is 32.1 Å². The molecule has 0 radical (unpaired) electrons. The van der Waals surface area contributed by atoms with Gasteiger partial charge in [-0.25, -0.2) is 0 Å². The average molecular weight is 280 g/mol. The maximum absolute atomic E-state index is 12.8. The zero-order valence-corrected chi connectivity index (χ0v) is 12.0. The van der Waals surface area contributed by atoms with Gasteiger partial charge in [-0.3, -0.25) is 9.59 Å². The minimum atomic E-state index is -0.799. The van der Waals surface area contributed by atoms with Gasteiger partial charge in [0.2, 0.25) is 0 Å². The minimum absolute atomic E-state index is 0.156. The molecule has 0 aromatic heterocycles. The number of carbonyl (C=O) groups excluding carboxylic acids is 1. The maximum Gasteiger partial charge on any atom is 0.320 e. The second-order valence-corrected chi connectivity index (χ2v) is 7.14. The van der Waals surface area contributed by atoms with Gasteiger partial charge in [-0.15, -0.1) is 0 Å². The van der Waals surface area contributed by atoms with Gasteiger partial charge in [0.1, 0.15) is 6.04 Å². The molecule has 4 aliphatic rings. The molecule has 3 atom stereocenters. The summed E-state index contributed by atoms with van der Waals surface area (Å²) in [5, 5.41) is 12.4. The zero-order chi connectivity index (χ0) is 14.5. The molecule has 1 heterocycles. The van der Waals surface area contributed by atoms with Gasteiger partial charge in [0.05, 0.1) is 6.04 Å². The number of hydrogen-bond donors (Lipinski definition) is 3. The molecule has 3 aliphatic carbocycles. The summed E-state index contributed by atoms with van der Waals surface area (Å²) >= 11 is 0. The van der Waals surface area contributed by atoms with E-state index in [4.69, 9.17) is 5.73 Å². The summed E-state index contributed by atoms with van der Waals surface area (Å²) in [7, 11) is 0. The molecule has 2 unspecified atom stereocenters. The van der Waals surface area contributed by atoms with Crippen LogP contribution in [0.5, 0.6) is 0 Å². The molecule has 0 aromatic rings. The summed E-state index contributed by atoms with van der Waals surface area (Å²) in [5.74, 6) is 0.0160. The second-order valence-electron chi connectivity index (χ2n) is 7.14. The van der Waals surface area contributed by atoms with Crippen molar-refractivity contribution in [1.29, 1.82) is 0 Å². The van der Waals surface area contributed by atoms with Crippen molar-refractivity contribution >= 4 is 11.8 Å². The van der Waals surface area contributed by atoms with Crippen LogP contribution >= 0.6 is 0 Å². The molecular formula is C15H24N2O3. The molecule has 4 rings (SSSR count). The van der Waals surface area contributed by atoms with Crippen molar-refractivity contribution < 1.29 is 14.7 Å². The number of hydrogen-bond acceptors (Lipinski definition) is 4. The van der Waals surface area contributed by atoms with Crippen LogP contribution in [0.15, 0.2) is 0 Å². The monoisotopic (exact) mass is 280 g/mol. The summed E-state index contributed by atoms with van der Waals surface area (Å²) in [6.07, 6.45) is 5.55. The van der Waals surface area contributed by atoms with Crippen molar-refractivity contribution in [3.8, 4) is 0 Å². The van der Waals surface area contributed by atoms with Crippen LogP contribution in [0.2, 0.25) is 0 Å². The SMILES string of the molecule is CC(N)C(=O)C12CCC(CC1)CC21CN[C@H](C(=O)O)C1. The Bertz CT molecular complexity index is 440. The van der Waals surface area contributed by atoms with Crippen molar-refractivity contribution in [2.75, 3.05) is 6.54 Å². The van der Waals surface area contributed by atoms with E-state index in [1.165, 1.54) is 0 Å². The van der Waals surface area contributed by atoms with Crippen LogP contribution in [0.3, 0.4) is 0 Å². The molecule has 2 bridgehead atoms. The molecule has 0 aromatic carbocycles. The fourth-order valence-corrected chi connectivity index (χ4v) is 5.14. The van der Waals surface area contributed by atoms with Crippen molar-refractivity contribution in [2.45, 2.75) is 57.5 Å². The number of ketones is 1. The lowest BCUT2D eigenvalue weighted by Gasteiger charge is -2.58. The second kappa shape index (κ2) is 4.53. The van der Waals surface area contributed by atoms with Crippen molar-refractivity contribution in [3.05, 3.63) is 0 Å². The number of carbonyl (C=O) groups is 2. The first-order valence-electron chi connectivity index (χ1n) is 7.66. The van der Waals surface area contributed by atoms with Gasteiger partial charge in [-0.05, 0) is 56.8 Å². The molecule has 5 heteroatoms. The largest absolute Gasteiger partial charge is 0.480 e. The molecule has 112 valence electrons. The molecule has 1 aliphatic heterocycles. The Kier molecular flexibility index (Phi) is 3.18. The zero-order valence-electron chi connectivity index (χ0n) is 12.0. The van der Waals surface area contributed by atoms with E-state index in [9.17, 15) is 14.7 Å². The number of nitrogens with one attached hydrogen (secondary N) is 1. The van der Waals surface area contributed by atoms with Crippen LogP contribution < -0.4 is 11.1 Å². The van der Waals surface area contributed by atoms with E-state index < -0.39 is 18.1 Å². The van der Waals surface area contributed by atoms with Gasteiger partial charge in [0.25, 0.3) is 0 Å². The van der Waals surface area contributed by atoms with E-state index in [-0.39, 0.29) is 16.6 Å². The number of carboxylic acid groups (broad SMARTS) is 1. The Hall–Kier alpha value is -0.940. The van der Waals surface area contributed by atoms with Gasteiger partial charge in [-0.2, -0.15) is 0 Å². The third-order valence-corrected chi connectivity index (χ3v) is 6.12. The van der Waals surface area contributed by atoms with Gasteiger partial charge in [0.15, 0.2) is 5.78 Å². The molecule has 4 fully saturated rings. The minimum Gasteiger partial charge on any atom is -0.480 e. The Morgan fingerprint density at radius 3 is 2.45 bits per heavy atom. The summed E-state index contributed by atoms with van der Waals surface area (Å²) in [6, 6.07) is -0.961. The quantitative estimate of drug-likeness (QED) is 0.715. The van der Waals surface area contributed by atoms with E-state index in [1.54, 1.807) is 6.92 Å². The Morgan fingerprint density at radius 1 is 1.30 bits per heavy atom. The van der Waals surface area contributed by atoms with E-state index >= 15 is 0 Å². The predicted molar refractivity (Wildman–Crippen MR) is 74.1 cm³/mol. The highest BCUT2D eigenvalue weighted by molar-refractivity contribution is 5.90. The highest BCUT2D eigenvalue weighted by Gasteiger charge is 2.64.